The number of rotatable bonds is 1. The fourth-order valence-electron chi connectivity index (χ4n) is 1.24. The predicted molar refractivity (Wildman–Crippen MR) is 55.5 cm³/mol. The first-order valence-corrected chi connectivity index (χ1v) is 4.39. The maximum atomic E-state index is 11.4. The Labute approximate surface area is 85.0 Å². The molecule has 15 heavy (non-hydrogen) atoms. The third-order valence-corrected chi connectivity index (χ3v) is 2.14. The Bertz CT molecular complexity index is 552. The number of aromatic nitrogens is 3. The SMILES string of the molecule is Cn1c(=O)cc(-c2ccncc2)[nH]c1=O. The third kappa shape index (κ3) is 1.71. The zero-order valence-corrected chi connectivity index (χ0v) is 8.10. The van der Waals surface area contributed by atoms with Gasteiger partial charge >= 0.3 is 5.69 Å². The van der Waals surface area contributed by atoms with Crippen molar-refractivity contribution in [3.63, 3.8) is 0 Å². The molecule has 0 saturated heterocycles. The van der Waals surface area contributed by atoms with Gasteiger partial charge in [-0.3, -0.25) is 14.3 Å². The quantitative estimate of drug-likeness (QED) is 0.716. The van der Waals surface area contributed by atoms with Crippen molar-refractivity contribution in [2.75, 3.05) is 0 Å². The van der Waals surface area contributed by atoms with Crippen molar-refractivity contribution in [1.29, 1.82) is 0 Å². The maximum absolute atomic E-state index is 11.4. The number of nitrogens with one attached hydrogen (secondary N) is 1. The van der Waals surface area contributed by atoms with E-state index >= 15 is 0 Å². The fraction of sp³-hybridized carbons (Fsp3) is 0.100. The summed E-state index contributed by atoms with van der Waals surface area (Å²) in [4.78, 5) is 29.2. The lowest BCUT2D eigenvalue weighted by Gasteiger charge is -2.01. The van der Waals surface area contributed by atoms with Gasteiger partial charge < -0.3 is 4.98 Å². The van der Waals surface area contributed by atoms with E-state index in [2.05, 4.69) is 9.97 Å². The first-order chi connectivity index (χ1) is 7.18. The minimum atomic E-state index is -0.422. The van der Waals surface area contributed by atoms with Crippen LogP contribution in [0, 0.1) is 0 Å². The fourth-order valence-corrected chi connectivity index (χ4v) is 1.24. The molecule has 0 spiro atoms. The summed E-state index contributed by atoms with van der Waals surface area (Å²) in [5, 5.41) is 0. The molecule has 0 bridgehead atoms. The van der Waals surface area contributed by atoms with Gasteiger partial charge in [0.25, 0.3) is 5.56 Å². The highest BCUT2D eigenvalue weighted by molar-refractivity contribution is 5.57. The van der Waals surface area contributed by atoms with E-state index in [0.29, 0.717) is 5.69 Å². The Morgan fingerprint density at radius 2 is 1.93 bits per heavy atom. The molecule has 0 aromatic carbocycles. The maximum Gasteiger partial charge on any atom is 0.328 e. The summed E-state index contributed by atoms with van der Waals surface area (Å²) in [7, 11) is 1.43. The molecular formula is C10H9N3O2. The molecule has 2 aromatic heterocycles. The monoisotopic (exact) mass is 203 g/mol. The summed E-state index contributed by atoms with van der Waals surface area (Å²) in [6.45, 7) is 0. The summed E-state index contributed by atoms with van der Waals surface area (Å²) in [6.07, 6.45) is 3.20. The molecule has 2 heterocycles. The van der Waals surface area contributed by atoms with Gasteiger partial charge in [-0.15, -0.1) is 0 Å². The van der Waals surface area contributed by atoms with Crippen LogP contribution >= 0.6 is 0 Å². The number of hydrogen-bond acceptors (Lipinski definition) is 3. The van der Waals surface area contributed by atoms with E-state index in [-0.39, 0.29) is 5.56 Å². The van der Waals surface area contributed by atoms with Crippen molar-refractivity contribution < 1.29 is 0 Å². The third-order valence-electron chi connectivity index (χ3n) is 2.14. The molecule has 5 heteroatoms. The molecule has 0 amide bonds. The summed E-state index contributed by atoms with van der Waals surface area (Å²) in [6, 6.07) is 4.84. The normalized spacial score (nSPS) is 10.2. The van der Waals surface area contributed by atoms with Crippen LogP contribution in [0.5, 0.6) is 0 Å². The van der Waals surface area contributed by atoms with Crippen molar-refractivity contribution in [3.8, 4) is 11.3 Å². The first-order valence-electron chi connectivity index (χ1n) is 4.39. The van der Waals surface area contributed by atoms with Crippen LogP contribution in [-0.2, 0) is 7.05 Å². The van der Waals surface area contributed by atoms with Crippen molar-refractivity contribution in [2.45, 2.75) is 0 Å². The van der Waals surface area contributed by atoms with E-state index in [0.717, 1.165) is 10.1 Å². The second-order valence-electron chi connectivity index (χ2n) is 3.12. The minimum absolute atomic E-state index is 0.328. The predicted octanol–water partition coefficient (Wildman–Crippen LogP) is 0.136. The number of H-pyrrole nitrogens is 1. The summed E-state index contributed by atoms with van der Waals surface area (Å²) in [5.74, 6) is 0. The molecule has 5 nitrogen and oxygen atoms in total. The van der Waals surface area contributed by atoms with E-state index in [1.807, 2.05) is 0 Å². The second kappa shape index (κ2) is 3.53. The Hall–Kier alpha value is -2.17. The van der Waals surface area contributed by atoms with Crippen molar-refractivity contribution in [3.05, 3.63) is 51.4 Å². The topological polar surface area (TPSA) is 67.8 Å². The van der Waals surface area contributed by atoms with E-state index in [1.165, 1.54) is 13.1 Å². The van der Waals surface area contributed by atoms with E-state index in [1.54, 1.807) is 24.5 Å². The Balaban J connectivity index is 2.67. The average molecular weight is 203 g/mol. The van der Waals surface area contributed by atoms with Crippen LogP contribution in [0.15, 0.2) is 40.2 Å². The molecule has 76 valence electrons. The van der Waals surface area contributed by atoms with Crippen LogP contribution in [0.2, 0.25) is 0 Å². The largest absolute Gasteiger partial charge is 0.328 e. The van der Waals surface area contributed by atoms with E-state index < -0.39 is 5.69 Å². The second-order valence-corrected chi connectivity index (χ2v) is 3.12. The van der Waals surface area contributed by atoms with Crippen LogP contribution in [0.1, 0.15) is 0 Å². The molecule has 0 aliphatic rings. The lowest BCUT2D eigenvalue weighted by molar-refractivity contribution is 0.778. The van der Waals surface area contributed by atoms with E-state index in [4.69, 9.17) is 0 Å². The van der Waals surface area contributed by atoms with Gasteiger partial charge in [0.1, 0.15) is 0 Å². The molecule has 0 fully saturated rings. The van der Waals surface area contributed by atoms with E-state index in [9.17, 15) is 9.59 Å². The standard InChI is InChI=1S/C10H9N3O2/c1-13-9(14)6-8(12-10(13)15)7-2-4-11-5-3-7/h2-6H,1H3,(H,12,15). The zero-order valence-electron chi connectivity index (χ0n) is 8.10. The lowest BCUT2D eigenvalue weighted by Crippen LogP contribution is -2.32. The summed E-state index contributed by atoms with van der Waals surface area (Å²) in [5.41, 5.74) is 0.519. The Morgan fingerprint density at radius 1 is 1.27 bits per heavy atom. The molecule has 0 saturated carbocycles. The molecule has 0 atom stereocenters. The van der Waals surface area contributed by atoms with Gasteiger partial charge in [-0.05, 0) is 12.1 Å². The number of hydrogen-bond donors (Lipinski definition) is 1. The molecule has 2 rings (SSSR count). The summed E-state index contributed by atoms with van der Waals surface area (Å²) >= 11 is 0. The molecule has 2 aromatic rings. The summed E-state index contributed by atoms with van der Waals surface area (Å²) < 4.78 is 1.02. The van der Waals surface area contributed by atoms with Crippen molar-refractivity contribution >= 4 is 0 Å². The van der Waals surface area contributed by atoms with Crippen LogP contribution < -0.4 is 11.2 Å². The van der Waals surface area contributed by atoms with Gasteiger partial charge in [0, 0.05) is 31.1 Å². The van der Waals surface area contributed by atoms with Gasteiger partial charge in [-0.2, -0.15) is 0 Å². The molecule has 0 aliphatic carbocycles. The minimum Gasteiger partial charge on any atom is -0.307 e. The number of pyridine rings is 1. The molecular weight excluding hydrogens is 194 g/mol. The number of nitrogens with zero attached hydrogens (tertiary/aromatic N) is 2. The Morgan fingerprint density at radius 3 is 2.53 bits per heavy atom. The van der Waals surface area contributed by atoms with Gasteiger partial charge in [-0.1, -0.05) is 0 Å². The van der Waals surface area contributed by atoms with Crippen LogP contribution in [-0.4, -0.2) is 14.5 Å². The van der Waals surface area contributed by atoms with Crippen molar-refractivity contribution in [1.82, 2.24) is 14.5 Å². The van der Waals surface area contributed by atoms with Gasteiger partial charge in [0.2, 0.25) is 0 Å². The van der Waals surface area contributed by atoms with Crippen LogP contribution in [0.25, 0.3) is 11.3 Å². The van der Waals surface area contributed by atoms with Gasteiger partial charge in [-0.25, -0.2) is 4.79 Å². The molecule has 1 N–H and O–H groups in total. The Kier molecular flexibility index (Phi) is 2.21. The number of aromatic amines is 1. The average Bonchev–Trinajstić information content (AvgIpc) is 2.26. The first kappa shape index (κ1) is 9.39. The zero-order chi connectivity index (χ0) is 10.8. The van der Waals surface area contributed by atoms with Gasteiger partial charge in [0.15, 0.2) is 0 Å². The molecule has 0 aliphatic heterocycles. The van der Waals surface area contributed by atoms with Gasteiger partial charge in [0.05, 0.1) is 5.69 Å². The molecule has 0 radical (unpaired) electrons. The lowest BCUT2D eigenvalue weighted by atomic mass is 10.2. The highest BCUT2D eigenvalue weighted by Crippen LogP contribution is 2.10. The smallest absolute Gasteiger partial charge is 0.307 e. The van der Waals surface area contributed by atoms with Crippen molar-refractivity contribution in [2.24, 2.45) is 7.05 Å². The van der Waals surface area contributed by atoms with Crippen LogP contribution in [0.4, 0.5) is 0 Å². The highest BCUT2D eigenvalue weighted by Gasteiger charge is 2.02. The van der Waals surface area contributed by atoms with Crippen LogP contribution in [0.3, 0.4) is 0 Å². The molecule has 0 unspecified atom stereocenters. The highest BCUT2D eigenvalue weighted by atomic mass is 16.2.